The Balaban J connectivity index is 1.39. The summed E-state index contributed by atoms with van der Waals surface area (Å²) in [6.07, 6.45) is -0.370. The molecule has 9 rings (SSSR count). The first-order valence-corrected chi connectivity index (χ1v) is 14.9. The van der Waals surface area contributed by atoms with Gasteiger partial charge in [0.1, 0.15) is 5.84 Å². The molecule has 42 heavy (non-hydrogen) atoms. The Bertz CT molecular complexity index is 2380. The summed E-state index contributed by atoms with van der Waals surface area (Å²) in [6.45, 7) is 0. The number of benzene rings is 6. The zero-order valence-electron chi connectivity index (χ0n) is 22.5. The molecule has 0 saturated heterocycles. The fourth-order valence-electron chi connectivity index (χ4n) is 6.28. The molecule has 1 aliphatic rings. The highest BCUT2D eigenvalue weighted by atomic mass is 32.1. The molecule has 198 valence electrons. The molecule has 1 N–H and O–H groups in total. The van der Waals surface area contributed by atoms with Gasteiger partial charge in [0, 0.05) is 41.9 Å². The summed E-state index contributed by atoms with van der Waals surface area (Å²) in [7, 11) is 0. The molecule has 0 radical (unpaired) electrons. The second kappa shape index (κ2) is 9.13. The predicted octanol–water partition coefficient (Wildman–Crippen LogP) is 9.27. The van der Waals surface area contributed by atoms with E-state index in [0.717, 1.165) is 34.0 Å². The third-order valence-electron chi connectivity index (χ3n) is 8.23. The van der Waals surface area contributed by atoms with Crippen molar-refractivity contribution < 1.29 is 0 Å². The zero-order chi connectivity index (χ0) is 27.6. The van der Waals surface area contributed by atoms with Gasteiger partial charge in [0.15, 0.2) is 6.17 Å². The molecule has 0 aliphatic carbocycles. The van der Waals surface area contributed by atoms with E-state index in [4.69, 9.17) is 9.98 Å². The maximum atomic E-state index is 5.29. The number of aliphatic imine (C=N–C) groups is 2. The van der Waals surface area contributed by atoms with Crippen molar-refractivity contribution in [2.24, 2.45) is 9.98 Å². The number of hydrogen-bond donors (Lipinski definition) is 1. The molecule has 0 fully saturated rings. The van der Waals surface area contributed by atoms with Crippen molar-refractivity contribution in [1.29, 1.82) is 0 Å². The van der Waals surface area contributed by atoms with Gasteiger partial charge in [-0.2, -0.15) is 0 Å². The Morgan fingerprint density at radius 2 is 1.31 bits per heavy atom. The predicted molar refractivity (Wildman–Crippen MR) is 178 cm³/mol. The van der Waals surface area contributed by atoms with Crippen LogP contribution in [0.1, 0.15) is 17.3 Å². The van der Waals surface area contributed by atoms with Gasteiger partial charge in [-0.05, 0) is 29.1 Å². The van der Waals surface area contributed by atoms with Crippen molar-refractivity contribution in [3.63, 3.8) is 0 Å². The summed E-state index contributed by atoms with van der Waals surface area (Å²) in [4.78, 5) is 10.4. The summed E-state index contributed by atoms with van der Waals surface area (Å²) in [5.74, 6) is 1.58. The third kappa shape index (κ3) is 3.54. The van der Waals surface area contributed by atoms with Crippen molar-refractivity contribution in [1.82, 2.24) is 9.88 Å². The lowest BCUT2D eigenvalue weighted by Crippen LogP contribution is -2.39. The van der Waals surface area contributed by atoms with Crippen molar-refractivity contribution in [2.75, 3.05) is 0 Å². The highest BCUT2D eigenvalue weighted by Crippen LogP contribution is 2.41. The lowest BCUT2D eigenvalue weighted by molar-refractivity contribution is 0.745. The van der Waals surface area contributed by atoms with Gasteiger partial charge in [0.05, 0.1) is 11.0 Å². The van der Waals surface area contributed by atoms with Crippen molar-refractivity contribution in [3.8, 4) is 0 Å². The third-order valence-corrected chi connectivity index (χ3v) is 9.37. The Labute approximate surface area is 245 Å². The quantitative estimate of drug-likeness (QED) is 0.227. The largest absolute Gasteiger partial charge is 0.310 e. The molecule has 3 heterocycles. The summed E-state index contributed by atoms with van der Waals surface area (Å²) in [5.41, 5.74) is 4.37. The second-order valence-electron chi connectivity index (χ2n) is 10.7. The molecular weight excluding hydrogens is 533 g/mol. The summed E-state index contributed by atoms with van der Waals surface area (Å²) < 4.78 is 4.92. The van der Waals surface area contributed by atoms with E-state index in [-0.39, 0.29) is 6.17 Å². The van der Waals surface area contributed by atoms with E-state index < -0.39 is 0 Å². The van der Waals surface area contributed by atoms with Gasteiger partial charge in [0.2, 0.25) is 5.96 Å². The number of nitrogens with one attached hydrogen (secondary N) is 1. The fraction of sp³-hybridized carbons (Fsp3) is 0.0270. The standard InChI is InChI=1S/C37H24N4S/c1-3-12-24(13-4-1)35-38-36(25-14-5-2-6-15-25)40-37(39-35)41-31-21-30-27-17-9-10-18-32(27)42-33(30)22-29(31)28-20-19-23-11-7-8-16-26(23)34(28)41/h1-22,35H,(H,38,39,40). The van der Waals surface area contributed by atoms with Gasteiger partial charge in [-0.3, -0.25) is 4.57 Å². The topological polar surface area (TPSA) is 41.7 Å². The van der Waals surface area contributed by atoms with Crippen LogP contribution in [0.5, 0.6) is 0 Å². The SMILES string of the molecule is c1ccc(C2=NC(c3ccccc3)N=C(n3c4cc5c(cc4c4ccc6ccccc6c43)sc3ccccc35)N2)cc1. The first-order chi connectivity index (χ1) is 20.8. The van der Waals surface area contributed by atoms with Crippen LogP contribution < -0.4 is 5.32 Å². The van der Waals surface area contributed by atoms with E-state index >= 15 is 0 Å². The van der Waals surface area contributed by atoms with Crippen LogP contribution in [-0.4, -0.2) is 16.4 Å². The minimum absolute atomic E-state index is 0.370. The minimum Gasteiger partial charge on any atom is -0.310 e. The molecule has 1 atom stereocenters. The first kappa shape index (κ1) is 23.4. The number of thiophene rings is 1. The maximum absolute atomic E-state index is 5.29. The van der Waals surface area contributed by atoms with Crippen LogP contribution in [0.3, 0.4) is 0 Å². The monoisotopic (exact) mass is 556 g/mol. The van der Waals surface area contributed by atoms with E-state index in [1.165, 1.54) is 41.7 Å². The van der Waals surface area contributed by atoms with Crippen LogP contribution in [0.2, 0.25) is 0 Å². The second-order valence-corrected chi connectivity index (χ2v) is 11.8. The molecule has 6 aromatic carbocycles. The molecule has 1 aliphatic heterocycles. The van der Waals surface area contributed by atoms with E-state index in [0.29, 0.717) is 0 Å². The minimum atomic E-state index is -0.370. The molecule has 0 spiro atoms. The van der Waals surface area contributed by atoms with Gasteiger partial charge < -0.3 is 5.32 Å². The number of hydrogen-bond acceptors (Lipinski definition) is 4. The van der Waals surface area contributed by atoms with E-state index in [1.807, 2.05) is 23.5 Å². The molecule has 2 aromatic heterocycles. The number of rotatable bonds is 2. The number of aromatic nitrogens is 1. The Hall–Kier alpha value is -5.26. The van der Waals surface area contributed by atoms with Crippen LogP contribution in [-0.2, 0) is 0 Å². The molecule has 5 heteroatoms. The molecule has 4 nitrogen and oxygen atoms in total. The molecular formula is C37H24N4S. The molecule has 8 aromatic rings. The first-order valence-electron chi connectivity index (χ1n) is 14.1. The Kier molecular flexibility index (Phi) is 5.10. The summed E-state index contributed by atoms with van der Waals surface area (Å²) >= 11 is 1.85. The van der Waals surface area contributed by atoms with Crippen LogP contribution >= 0.6 is 11.3 Å². The fourth-order valence-corrected chi connectivity index (χ4v) is 7.41. The van der Waals surface area contributed by atoms with E-state index in [2.05, 4.69) is 131 Å². The smallest absolute Gasteiger partial charge is 0.211 e. The normalized spacial score (nSPS) is 15.4. The molecule has 0 bridgehead atoms. The molecule has 1 unspecified atom stereocenters. The van der Waals surface area contributed by atoms with Crippen LogP contribution in [0.4, 0.5) is 0 Å². The van der Waals surface area contributed by atoms with Gasteiger partial charge in [-0.1, -0.05) is 115 Å². The average molecular weight is 557 g/mol. The average Bonchev–Trinajstić information content (AvgIpc) is 3.59. The number of nitrogens with zero attached hydrogens (tertiary/aromatic N) is 3. The van der Waals surface area contributed by atoms with Crippen LogP contribution in [0.15, 0.2) is 143 Å². The Morgan fingerprint density at radius 1 is 0.571 bits per heavy atom. The summed E-state index contributed by atoms with van der Waals surface area (Å²) in [5, 5.41) is 11.1. The van der Waals surface area contributed by atoms with Gasteiger partial charge in [-0.25, -0.2) is 9.98 Å². The van der Waals surface area contributed by atoms with Gasteiger partial charge >= 0.3 is 0 Å². The van der Waals surface area contributed by atoms with Crippen LogP contribution in [0.25, 0.3) is 52.8 Å². The lowest BCUT2D eigenvalue weighted by atomic mass is 10.1. The summed E-state index contributed by atoms with van der Waals surface area (Å²) in [6, 6.07) is 47.2. The van der Waals surface area contributed by atoms with E-state index in [9.17, 15) is 0 Å². The maximum Gasteiger partial charge on any atom is 0.211 e. The highest BCUT2D eigenvalue weighted by molar-refractivity contribution is 7.25. The number of amidine groups is 1. The number of fused-ring (bicyclic) bond motifs is 8. The zero-order valence-corrected chi connectivity index (χ0v) is 23.3. The van der Waals surface area contributed by atoms with Crippen molar-refractivity contribution in [3.05, 3.63) is 145 Å². The molecule has 0 amide bonds. The van der Waals surface area contributed by atoms with E-state index in [1.54, 1.807) is 0 Å². The Morgan fingerprint density at radius 3 is 2.17 bits per heavy atom. The highest BCUT2D eigenvalue weighted by Gasteiger charge is 2.25. The van der Waals surface area contributed by atoms with Crippen LogP contribution in [0, 0.1) is 0 Å². The van der Waals surface area contributed by atoms with Crippen molar-refractivity contribution >= 4 is 75.9 Å². The van der Waals surface area contributed by atoms with Crippen molar-refractivity contribution in [2.45, 2.75) is 6.17 Å². The molecule has 0 saturated carbocycles. The van der Waals surface area contributed by atoms with Gasteiger partial charge in [0.25, 0.3) is 0 Å². The lowest BCUT2D eigenvalue weighted by Gasteiger charge is -2.23. The van der Waals surface area contributed by atoms with Gasteiger partial charge in [-0.15, -0.1) is 11.3 Å².